The molecule has 4 aromatic carbocycles. The maximum atomic E-state index is 5.85. The molecule has 0 saturated carbocycles. The van der Waals surface area contributed by atoms with Gasteiger partial charge in [-0.2, -0.15) is 0 Å². The second-order valence-corrected chi connectivity index (χ2v) is 71.7. The Labute approximate surface area is 584 Å². The highest BCUT2D eigenvalue weighted by Crippen LogP contribution is 2.40. The first kappa shape index (κ1) is 72.0. The highest BCUT2D eigenvalue weighted by molar-refractivity contribution is 6.86. The van der Waals surface area contributed by atoms with Gasteiger partial charge in [0.25, 0.3) is 0 Å². The number of nitrogens with one attached hydrogen (secondary N) is 2. The van der Waals surface area contributed by atoms with Gasteiger partial charge in [0.15, 0.2) is 0 Å². The van der Waals surface area contributed by atoms with E-state index in [0.717, 1.165) is 134 Å². The number of aromatic amines is 2. The van der Waals surface area contributed by atoms with Crippen LogP contribution in [0.2, 0.25) is 157 Å². The normalized spacial score (nSPS) is 12.2. The molecule has 2 aliphatic heterocycles. The van der Waals surface area contributed by atoms with Crippen molar-refractivity contribution in [2.24, 2.45) is 0 Å². The molecular weight excluding hydrogens is 1290 g/mol. The van der Waals surface area contributed by atoms with Crippen LogP contribution in [0.5, 0.6) is 0 Å². The SMILES string of the molecule is C[Si](C)(C)C#Cc1cc(C#C[Si](C)(C)C)cc(-c2c3nc(c(-c4cc(C#C[Si](C)(C)C)cc(C#C[Si](C)(C)C)c4)c4ccc([nH]4)c(-c4cc(C#C[Si](C)(C)C)cc(C#C[Si](C)(C)C)c4)c4nc(c(-c5cc(C#C[Si](C)(C)C)cc(C#C[Si](C)(C)C)c5)c5ccc2[nH]5)C=C4)C=C3)c1. The van der Waals surface area contributed by atoms with Crippen LogP contribution in [0.15, 0.2) is 97.1 Å². The molecule has 0 atom stereocenters. The van der Waals surface area contributed by atoms with Gasteiger partial charge in [0.2, 0.25) is 0 Å². The van der Waals surface area contributed by atoms with Gasteiger partial charge in [0, 0.05) is 88.8 Å². The number of aromatic nitrogens is 4. The summed E-state index contributed by atoms with van der Waals surface area (Å²) in [5.41, 5.74) is 51.0. The van der Waals surface area contributed by atoms with Crippen LogP contribution in [-0.2, 0) is 0 Å². The molecule has 2 aliphatic rings. The molecule has 4 nitrogen and oxygen atoms in total. The maximum Gasteiger partial charge on any atom is 0.129 e. The zero-order valence-corrected chi connectivity index (χ0v) is 69.4. The van der Waals surface area contributed by atoms with E-state index in [1.165, 1.54) is 0 Å². The van der Waals surface area contributed by atoms with Crippen LogP contribution >= 0.6 is 0 Å². The maximum absolute atomic E-state index is 5.85. The molecule has 0 unspecified atom stereocenters. The van der Waals surface area contributed by atoms with Crippen LogP contribution in [0, 0.1) is 91.7 Å². The molecule has 0 amide bonds. The number of hydrogen-bond donors (Lipinski definition) is 2. The third-order valence-corrected chi connectivity index (χ3v) is 21.3. The summed E-state index contributed by atoms with van der Waals surface area (Å²) >= 11 is 0. The molecule has 96 heavy (non-hydrogen) atoms. The molecule has 0 fully saturated rings. The van der Waals surface area contributed by atoms with Crippen LogP contribution < -0.4 is 0 Å². The van der Waals surface area contributed by atoms with Crippen molar-refractivity contribution in [2.45, 2.75) is 157 Å². The van der Waals surface area contributed by atoms with Crippen LogP contribution in [0.4, 0.5) is 0 Å². The summed E-state index contributed by atoms with van der Waals surface area (Å²) in [7, 11) is -14.4. The minimum atomic E-state index is -1.80. The zero-order valence-electron chi connectivity index (χ0n) is 61.4. The van der Waals surface area contributed by atoms with Crippen LogP contribution in [-0.4, -0.2) is 84.5 Å². The third kappa shape index (κ3) is 20.9. The number of rotatable bonds is 4. The summed E-state index contributed by atoms with van der Waals surface area (Å²) in [6.45, 7) is 55.0. The summed E-state index contributed by atoms with van der Waals surface area (Å²) in [6.07, 6.45) is 8.70. The molecule has 0 spiro atoms. The van der Waals surface area contributed by atoms with Crippen LogP contribution in [0.3, 0.4) is 0 Å². The van der Waals surface area contributed by atoms with Crippen molar-refractivity contribution in [1.82, 2.24) is 19.9 Å². The Kier molecular flexibility index (Phi) is 20.7. The molecule has 5 heterocycles. The lowest BCUT2D eigenvalue weighted by molar-refractivity contribution is 1.31. The fourth-order valence-electron chi connectivity index (χ4n) is 10.2. The molecule has 8 bridgehead atoms. The standard InChI is InChI=1S/C84H94N4Si8/c1-89(2,3)41-33-61-49-62(34-42-90(4,5)6)54-69(53-61)81-73-25-27-75(85-73)82(70-55-63(35-43-91(7,8)9)50-64(56-70)36-44-92(10,11)12)77-29-31-79(87-77)84(72-59-67(39-47-95(19,20)21)52-68(60-72)40-48-96(22,23)24)80-32-30-78(88-80)83(76-28-26-74(81)86-76)71-57-65(37-45-93(13,14)15)51-66(58-71)38-46-94(16,17)18/h25-32,49-60,85,88H,1-24H3. The second-order valence-electron chi connectivity index (χ2n) is 33.7. The zero-order chi connectivity index (χ0) is 70.1. The molecule has 7 aromatic rings. The van der Waals surface area contributed by atoms with E-state index in [-0.39, 0.29) is 0 Å². The van der Waals surface area contributed by atoms with Gasteiger partial charge in [-0.1, -0.05) is 204 Å². The van der Waals surface area contributed by atoms with Gasteiger partial charge in [0.1, 0.15) is 64.6 Å². The van der Waals surface area contributed by atoms with E-state index < -0.39 is 64.6 Å². The Morgan fingerprint density at radius 3 is 0.500 bits per heavy atom. The van der Waals surface area contributed by atoms with E-state index in [1.807, 2.05) is 0 Å². The number of hydrogen-bond acceptors (Lipinski definition) is 2. The van der Waals surface area contributed by atoms with Crippen molar-refractivity contribution >= 4 is 111 Å². The lowest BCUT2D eigenvalue weighted by Gasteiger charge is -2.10. The summed E-state index contributed by atoms with van der Waals surface area (Å²) in [5.74, 6) is 29.2. The average molecular weight is 1380 g/mol. The monoisotopic (exact) mass is 1380 g/mol. The van der Waals surface area contributed by atoms with Gasteiger partial charge in [-0.15, -0.1) is 44.3 Å². The predicted molar refractivity (Wildman–Crippen MR) is 442 cm³/mol. The average Bonchev–Trinajstić information content (AvgIpc) is 1.59. The predicted octanol–water partition coefficient (Wildman–Crippen LogP) is 21.2. The van der Waals surface area contributed by atoms with E-state index in [2.05, 4.69) is 380 Å². The highest BCUT2D eigenvalue weighted by Gasteiger charge is 2.23. The number of benzene rings is 4. The summed E-state index contributed by atoms with van der Waals surface area (Å²) in [5, 5.41) is 0. The van der Waals surface area contributed by atoms with Crippen molar-refractivity contribution in [1.29, 1.82) is 0 Å². The molecule has 3 aromatic heterocycles. The fraction of sp³-hybridized carbons (Fsp3) is 0.286. The van der Waals surface area contributed by atoms with E-state index in [1.54, 1.807) is 0 Å². The lowest BCUT2D eigenvalue weighted by Crippen LogP contribution is -2.16. The Bertz CT molecular complexity index is 4290. The van der Waals surface area contributed by atoms with Gasteiger partial charge >= 0.3 is 0 Å². The quantitative estimate of drug-likeness (QED) is 0.136. The van der Waals surface area contributed by atoms with Crippen LogP contribution in [0.25, 0.3) is 90.9 Å². The first-order valence-corrected chi connectivity index (χ1v) is 61.5. The molecule has 0 aliphatic carbocycles. The van der Waals surface area contributed by atoms with Crippen molar-refractivity contribution < 1.29 is 0 Å². The largest absolute Gasteiger partial charge is 0.354 e. The van der Waals surface area contributed by atoms with Gasteiger partial charge in [-0.3, -0.25) is 0 Å². The molecular formula is C84H94N4Si8. The lowest BCUT2D eigenvalue weighted by atomic mass is 9.98. The Hall–Kier alpha value is -8.30. The third-order valence-electron chi connectivity index (χ3n) is 14.3. The minimum Gasteiger partial charge on any atom is -0.354 e. The van der Waals surface area contributed by atoms with E-state index in [4.69, 9.17) is 9.97 Å². The van der Waals surface area contributed by atoms with Crippen LogP contribution in [0.1, 0.15) is 67.3 Å². The van der Waals surface area contributed by atoms with Gasteiger partial charge in [-0.05, 0) is 144 Å². The minimum absolute atomic E-state index is 0.792. The van der Waals surface area contributed by atoms with Crippen molar-refractivity contribution in [3.05, 3.63) is 164 Å². The number of nitrogens with zero attached hydrogens (tertiary/aromatic N) is 2. The second kappa shape index (κ2) is 27.7. The van der Waals surface area contributed by atoms with Gasteiger partial charge in [0.05, 0.1) is 22.8 Å². The van der Waals surface area contributed by atoms with Gasteiger partial charge < -0.3 is 9.97 Å². The highest BCUT2D eigenvalue weighted by atomic mass is 28.3. The topological polar surface area (TPSA) is 57.4 Å². The fourth-order valence-corrected chi connectivity index (χ4v) is 14.3. The van der Waals surface area contributed by atoms with E-state index >= 15 is 0 Å². The van der Waals surface area contributed by atoms with E-state index in [0.29, 0.717) is 0 Å². The summed E-state index contributed by atoms with van der Waals surface area (Å²) in [4.78, 5) is 19.9. The Balaban J connectivity index is 1.56. The first-order chi connectivity index (χ1) is 44.4. The number of fused-ring (bicyclic) bond motifs is 8. The first-order valence-electron chi connectivity index (χ1n) is 33.5. The summed E-state index contributed by atoms with van der Waals surface area (Å²) in [6, 6.07) is 35.3. The van der Waals surface area contributed by atoms with E-state index in [9.17, 15) is 0 Å². The van der Waals surface area contributed by atoms with Crippen molar-refractivity contribution in [3.8, 4) is 136 Å². The Morgan fingerprint density at radius 2 is 0.365 bits per heavy atom. The molecule has 12 heteroatoms. The smallest absolute Gasteiger partial charge is 0.129 e. The molecule has 2 N–H and O–H groups in total. The van der Waals surface area contributed by atoms with Gasteiger partial charge in [-0.25, -0.2) is 9.97 Å². The number of H-pyrrole nitrogens is 2. The molecule has 9 rings (SSSR count). The van der Waals surface area contributed by atoms with Crippen molar-refractivity contribution in [3.63, 3.8) is 0 Å². The van der Waals surface area contributed by atoms with Crippen molar-refractivity contribution in [2.75, 3.05) is 0 Å². The molecule has 482 valence electrons. The Morgan fingerprint density at radius 1 is 0.219 bits per heavy atom. The molecule has 0 radical (unpaired) electrons. The molecule has 0 saturated heterocycles. The summed E-state index contributed by atoms with van der Waals surface area (Å²) < 4.78 is 0.